The monoisotopic (exact) mass is 462 g/mol. The van der Waals surface area contributed by atoms with E-state index in [1.54, 1.807) is 12.3 Å². The summed E-state index contributed by atoms with van der Waals surface area (Å²) in [5.74, 6) is 0.947. The summed E-state index contributed by atoms with van der Waals surface area (Å²) in [4.78, 5) is 25.7. The Morgan fingerprint density at radius 3 is 2.47 bits per heavy atom. The Morgan fingerprint density at radius 2 is 1.82 bits per heavy atom. The second kappa shape index (κ2) is 10.3. The highest BCUT2D eigenvalue weighted by atomic mass is 16.3. The second-order valence-corrected chi connectivity index (χ2v) is 9.16. The van der Waals surface area contributed by atoms with Crippen molar-refractivity contribution in [1.82, 2.24) is 14.9 Å². The number of anilines is 3. The number of carbonyl (C=O) groups excluding carboxylic acids is 1. The zero-order chi connectivity index (χ0) is 24.2. The number of nitrogens with zero attached hydrogens (tertiary/aromatic N) is 4. The van der Waals surface area contributed by atoms with Gasteiger partial charge in [0.05, 0.1) is 11.6 Å². The summed E-state index contributed by atoms with van der Waals surface area (Å²) >= 11 is 0. The molecule has 0 saturated carbocycles. The number of aromatic nitrogens is 2. The molecule has 0 radical (unpaired) electrons. The van der Waals surface area contributed by atoms with Gasteiger partial charge in [0.1, 0.15) is 5.75 Å². The summed E-state index contributed by atoms with van der Waals surface area (Å²) < 4.78 is 0. The molecule has 34 heavy (non-hydrogen) atoms. The van der Waals surface area contributed by atoms with Crippen LogP contribution in [-0.2, 0) is 4.79 Å². The molecule has 0 aliphatic carbocycles. The molecule has 2 aromatic carbocycles. The van der Waals surface area contributed by atoms with Crippen LogP contribution in [0.4, 0.5) is 17.3 Å². The Hall–Kier alpha value is -3.39. The fraction of sp³-hybridized carbons (Fsp3) is 0.423. The summed E-state index contributed by atoms with van der Waals surface area (Å²) in [7, 11) is 0. The standard InChI is InChI=1S/C26H34N6O2/c1-4-5-21(27)25(34)32-14-12-31(13-15-32)20-9-7-19(8-10-20)29-26-28-16-18-6-11-22(33)23(17(2)3)24(18)30-26/h6-11,16-17,21,33H,4-5,12-15,27H2,1-3H3,(H,28,29,30). The lowest BCUT2D eigenvalue weighted by molar-refractivity contribution is -0.133. The minimum atomic E-state index is -0.389. The van der Waals surface area contributed by atoms with Crippen molar-refractivity contribution in [3.8, 4) is 5.75 Å². The van der Waals surface area contributed by atoms with Gasteiger partial charge in [0.25, 0.3) is 0 Å². The number of phenols is 1. The average Bonchev–Trinajstić information content (AvgIpc) is 2.84. The molecule has 1 aromatic heterocycles. The maximum absolute atomic E-state index is 12.5. The Bertz CT molecular complexity index is 1140. The van der Waals surface area contributed by atoms with Gasteiger partial charge in [-0.1, -0.05) is 27.2 Å². The quantitative estimate of drug-likeness (QED) is 0.487. The van der Waals surface area contributed by atoms with Crippen LogP contribution in [-0.4, -0.2) is 58.1 Å². The number of benzene rings is 2. The molecule has 0 bridgehead atoms. The summed E-state index contributed by atoms with van der Waals surface area (Å²) in [5, 5.41) is 14.5. The van der Waals surface area contributed by atoms with Gasteiger partial charge in [-0.2, -0.15) is 0 Å². The lowest BCUT2D eigenvalue weighted by Gasteiger charge is -2.37. The molecule has 8 heteroatoms. The third-order valence-electron chi connectivity index (χ3n) is 6.34. The van der Waals surface area contributed by atoms with Crippen LogP contribution in [0.3, 0.4) is 0 Å². The van der Waals surface area contributed by atoms with Gasteiger partial charge in [-0.3, -0.25) is 4.79 Å². The maximum atomic E-state index is 12.5. The molecule has 0 spiro atoms. The molecule has 1 aliphatic heterocycles. The Labute approximate surface area is 200 Å². The van der Waals surface area contributed by atoms with E-state index >= 15 is 0 Å². The van der Waals surface area contributed by atoms with Crippen LogP contribution in [0.15, 0.2) is 42.6 Å². The van der Waals surface area contributed by atoms with Crippen LogP contribution in [0, 0.1) is 0 Å². The molecule has 3 aromatic rings. The van der Waals surface area contributed by atoms with Gasteiger partial charge >= 0.3 is 0 Å². The summed E-state index contributed by atoms with van der Waals surface area (Å²) in [6.45, 7) is 9.07. The van der Waals surface area contributed by atoms with Crippen molar-refractivity contribution in [3.05, 3.63) is 48.2 Å². The summed E-state index contributed by atoms with van der Waals surface area (Å²) in [6.07, 6.45) is 3.42. The number of carbonyl (C=O) groups is 1. The molecule has 4 N–H and O–H groups in total. The van der Waals surface area contributed by atoms with Crippen molar-refractivity contribution in [2.75, 3.05) is 36.4 Å². The van der Waals surface area contributed by atoms with Gasteiger partial charge < -0.3 is 26.0 Å². The summed E-state index contributed by atoms with van der Waals surface area (Å²) in [6, 6.07) is 11.3. The van der Waals surface area contributed by atoms with Gasteiger partial charge in [-0.25, -0.2) is 9.97 Å². The molecule has 1 unspecified atom stereocenters. The number of nitrogens with two attached hydrogens (primary N) is 1. The van der Waals surface area contributed by atoms with E-state index in [0.717, 1.165) is 53.8 Å². The van der Waals surface area contributed by atoms with Crippen molar-refractivity contribution < 1.29 is 9.90 Å². The highest BCUT2D eigenvalue weighted by molar-refractivity contribution is 5.85. The van der Waals surface area contributed by atoms with Crippen molar-refractivity contribution >= 4 is 34.1 Å². The smallest absolute Gasteiger partial charge is 0.239 e. The van der Waals surface area contributed by atoms with E-state index in [1.807, 2.05) is 43.9 Å². The minimum absolute atomic E-state index is 0.0605. The Balaban J connectivity index is 1.41. The molecule has 4 rings (SSSR count). The third kappa shape index (κ3) is 5.07. The first-order valence-electron chi connectivity index (χ1n) is 12.0. The molecule has 1 aliphatic rings. The van der Waals surface area contributed by atoms with Crippen molar-refractivity contribution in [2.45, 2.75) is 45.6 Å². The number of rotatable bonds is 7. The topological polar surface area (TPSA) is 108 Å². The molecule has 1 amide bonds. The zero-order valence-corrected chi connectivity index (χ0v) is 20.2. The highest BCUT2D eigenvalue weighted by Gasteiger charge is 2.25. The molecule has 8 nitrogen and oxygen atoms in total. The number of hydrogen-bond acceptors (Lipinski definition) is 7. The van der Waals surface area contributed by atoms with E-state index < -0.39 is 0 Å². The normalized spacial score (nSPS) is 15.1. The van der Waals surface area contributed by atoms with E-state index in [9.17, 15) is 9.90 Å². The predicted molar refractivity (Wildman–Crippen MR) is 137 cm³/mol. The van der Waals surface area contributed by atoms with E-state index in [2.05, 4.69) is 32.3 Å². The maximum Gasteiger partial charge on any atom is 0.239 e. The van der Waals surface area contributed by atoms with Gasteiger partial charge in [-0.15, -0.1) is 0 Å². The molecular formula is C26H34N6O2. The van der Waals surface area contributed by atoms with E-state index in [1.165, 1.54) is 0 Å². The zero-order valence-electron chi connectivity index (χ0n) is 20.2. The number of nitrogens with one attached hydrogen (secondary N) is 1. The minimum Gasteiger partial charge on any atom is -0.508 e. The van der Waals surface area contributed by atoms with Gasteiger partial charge in [0, 0.05) is 54.7 Å². The van der Waals surface area contributed by atoms with Crippen molar-refractivity contribution in [3.63, 3.8) is 0 Å². The molecule has 2 heterocycles. The fourth-order valence-corrected chi connectivity index (χ4v) is 4.48. The van der Waals surface area contributed by atoms with Crippen LogP contribution < -0.4 is 16.0 Å². The third-order valence-corrected chi connectivity index (χ3v) is 6.34. The lowest BCUT2D eigenvalue weighted by atomic mass is 9.99. The predicted octanol–water partition coefficient (Wildman–Crippen LogP) is 3.98. The first kappa shape index (κ1) is 23.8. The van der Waals surface area contributed by atoms with Crippen LogP contribution >= 0.6 is 0 Å². The SMILES string of the molecule is CCCC(N)C(=O)N1CCN(c2ccc(Nc3ncc4ccc(O)c(C(C)C)c4n3)cc2)CC1. The van der Waals surface area contributed by atoms with Crippen LogP contribution in [0.1, 0.15) is 45.1 Å². The van der Waals surface area contributed by atoms with E-state index in [4.69, 9.17) is 5.73 Å². The highest BCUT2D eigenvalue weighted by Crippen LogP contribution is 2.32. The number of hydrogen-bond donors (Lipinski definition) is 3. The average molecular weight is 463 g/mol. The number of piperazine rings is 1. The van der Waals surface area contributed by atoms with Gasteiger partial charge in [0.2, 0.25) is 11.9 Å². The van der Waals surface area contributed by atoms with E-state index in [0.29, 0.717) is 19.0 Å². The number of amides is 1. The van der Waals surface area contributed by atoms with Gasteiger partial charge in [-0.05, 0) is 48.7 Å². The second-order valence-electron chi connectivity index (χ2n) is 9.16. The fourth-order valence-electron chi connectivity index (χ4n) is 4.48. The van der Waals surface area contributed by atoms with Crippen LogP contribution in [0.5, 0.6) is 5.75 Å². The molecule has 1 fully saturated rings. The Morgan fingerprint density at radius 1 is 1.12 bits per heavy atom. The molecule has 1 saturated heterocycles. The largest absolute Gasteiger partial charge is 0.508 e. The van der Waals surface area contributed by atoms with Crippen LogP contribution in [0.25, 0.3) is 10.9 Å². The molecule has 1 atom stereocenters. The first-order chi connectivity index (χ1) is 16.4. The number of fused-ring (bicyclic) bond motifs is 1. The van der Waals surface area contributed by atoms with Crippen molar-refractivity contribution in [2.24, 2.45) is 5.73 Å². The number of aromatic hydroxyl groups is 1. The van der Waals surface area contributed by atoms with E-state index in [-0.39, 0.29) is 23.6 Å². The number of phenolic OH excluding ortho intramolecular Hbond substituents is 1. The molecular weight excluding hydrogens is 428 g/mol. The molecule has 180 valence electrons. The van der Waals surface area contributed by atoms with Crippen molar-refractivity contribution in [1.29, 1.82) is 0 Å². The first-order valence-corrected chi connectivity index (χ1v) is 12.0. The lowest BCUT2D eigenvalue weighted by Crippen LogP contribution is -2.53. The van der Waals surface area contributed by atoms with Crippen LogP contribution in [0.2, 0.25) is 0 Å². The van der Waals surface area contributed by atoms with Gasteiger partial charge in [0.15, 0.2) is 0 Å². The summed E-state index contributed by atoms with van der Waals surface area (Å²) in [5.41, 5.74) is 9.59. The Kier molecular flexibility index (Phi) is 7.17.